The van der Waals surface area contributed by atoms with Crippen LogP contribution in [0.1, 0.15) is 25.3 Å². The van der Waals surface area contributed by atoms with Crippen molar-refractivity contribution in [2.24, 2.45) is 0 Å². The molecule has 0 aliphatic carbocycles. The Hall–Kier alpha value is -2.20. The lowest BCUT2D eigenvalue weighted by molar-refractivity contribution is -0.143. The van der Waals surface area contributed by atoms with Crippen molar-refractivity contribution in [3.05, 3.63) is 54.4 Å². The fourth-order valence-electron chi connectivity index (χ4n) is 3.91. The minimum absolute atomic E-state index is 0.0163. The van der Waals surface area contributed by atoms with E-state index in [1.807, 2.05) is 19.2 Å². The molecule has 4 rings (SSSR count). The number of rotatable bonds is 3. The number of benzene rings is 1. The van der Waals surface area contributed by atoms with Crippen molar-refractivity contribution in [1.82, 2.24) is 14.8 Å². The van der Waals surface area contributed by atoms with Crippen molar-refractivity contribution in [3.8, 4) is 11.1 Å². The Morgan fingerprint density at radius 1 is 1.17 bits per heavy atom. The van der Waals surface area contributed by atoms with Crippen molar-refractivity contribution in [3.63, 3.8) is 0 Å². The van der Waals surface area contributed by atoms with E-state index < -0.39 is 0 Å². The van der Waals surface area contributed by atoms with Crippen LogP contribution in [0.25, 0.3) is 11.1 Å². The molecule has 0 spiro atoms. The summed E-state index contributed by atoms with van der Waals surface area (Å²) in [4.78, 5) is 21.1. The van der Waals surface area contributed by atoms with E-state index in [1.165, 1.54) is 11.1 Å². The van der Waals surface area contributed by atoms with Crippen molar-refractivity contribution < 1.29 is 4.79 Å². The number of carbonyl (C=O) groups excluding carboxylic acids is 1. The number of aromatic nitrogens is 1. The largest absolute Gasteiger partial charge is 0.337 e. The first-order valence-electron chi connectivity index (χ1n) is 8.76. The molecule has 0 unspecified atom stereocenters. The molecule has 1 aromatic carbocycles. The Bertz CT molecular complexity index is 713. The van der Waals surface area contributed by atoms with Crippen molar-refractivity contribution >= 4 is 5.91 Å². The smallest absolute Gasteiger partial charge is 0.239 e. The number of hydrogen-bond donors (Lipinski definition) is 0. The van der Waals surface area contributed by atoms with E-state index in [1.54, 1.807) is 6.20 Å². The molecule has 1 aromatic heterocycles. The molecule has 4 nitrogen and oxygen atoms in total. The molecular weight excluding hydrogens is 298 g/mol. The summed E-state index contributed by atoms with van der Waals surface area (Å²) < 4.78 is 0. The highest BCUT2D eigenvalue weighted by Gasteiger charge is 2.39. The molecule has 0 radical (unpaired) electrons. The maximum atomic E-state index is 12.5. The highest BCUT2D eigenvalue weighted by Crippen LogP contribution is 2.27. The van der Waals surface area contributed by atoms with Gasteiger partial charge in [-0.25, -0.2) is 0 Å². The number of amides is 1. The van der Waals surface area contributed by atoms with Gasteiger partial charge >= 0.3 is 0 Å². The van der Waals surface area contributed by atoms with E-state index in [0.717, 1.165) is 38.0 Å². The molecule has 0 N–H and O–H groups in total. The highest BCUT2D eigenvalue weighted by molar-refractivity contribution is 5.83. The molecule has 124 valence electrons. The lowest BCUT2D eigenvalue weighted by Crippen LogP contribution is -2.58. The Labute approximate surface area is 143 Å². The molecular formula is C20H23N3O. The predicted molar refractivity (Wildman–Crippen MR) is 94.3 cm³/mol. The topological polar surface area (TPSA) is 36.4 Å². The molecule has 2 aromatic rings. The summed E-state index contributed by atoms with van der Waals surface area (Å²) in [5, 5.41) is 0. The fourth-order valence-corrected chi connectivity index (χ4v) is 3.91. The third-order valence-electron chi connectivity index (χ3n) is 5.35. The monoisotopic (exact) mass is 321 g/mol. The van der Waals surface area contributed by atoms with Crippen LogP contribution in [0.3, 0.4) is 0 Å². The van der Waals surface area contributed by atoms with E-state index in [2.05, 4.69) is 45.1 Å². The van der Waals surface area contributed by atoms with E-state index in [0.29, 0.717) is 11.9 Å². The number of nitrogens with zero attached hydrogens (tertiary/aromatic N) is 3. The molecule has 2 aliphatic rings. The summed E-state index contributed by atoms with van der Waals surface area (Å²) in [5.41, 5.74) is 3.57. The SMILES string of the molecule is C[C@@H]1C(=O)N2CCC[C@@H]2CN1Cc1ccc(-c2cccnc2)cc1. The molecule has 2 saturated heterocycles. The standard InChI is InChI=1S/C20H23N3O/c1-15-20(24)23-11-3-5-19(23)14-22(15)13-16-6-8-17(9-7-16)18-4-2-10-21-12-18/h2,4,6-10,12,15,19H,3,5,11,13-14H2,1H3/t15-,19-/m1/s1. The van der Waals surface area contributed by atoms with Gasteiger partial charge in [0.1, 0.15) is 0 Å². The van der Waals surface area contributed by atoms with E-state index in [-0.39, 0.29) is 6.04 Å². The predicted octanol–water partition coefficient (Wildman–Crippen LogP) is 2.94. The molecule has 1 amide bonds. The van der Waals surface area contributed by atoms with Crippen LogP contribution in [0.5, 0.6) is 0 Å². The third-order valence-corrected chi connectivity index (χ3v) is 5.35. The average molecular weight is 321 g/mol. The maximum absolute atomic E-state index is 12.5. The summed E-state index contributed by atoms with van der Waals surface area (Å²) in [6.45, 7) is 4.82. The second kappa shape index (κ2) is 6.36. The highest BCUT2D eigenvalue weighted by atomic mass is 16.2. The molecule has 4 heteroatoms. The normalized spacial score (nSPS) is 24.2. The number of pyridine rings is 1. The first-order valence-corrected chi connectivity index (χ1v) is 8.76. The van der Waals surface area contributed by atoms with Gasteiger partial charge < -0.3 is 4.90 Å². The minimum Gasteiger partial charge on any atom is -0.337 e. The van der Waals surface area contributed by atoms with Gasteiger partial charge in [0.15, 0.2) is 0 Å². The summed E-state index contributed by atoms with van der Waals surface area (Å²) in [5.74, 6) is 0.302. The van der Waals surface area contributed by atoms with E-state index in [9.17, 15) is 4.79 Å². The number of hydrogen-bond acceptors (Lipinski definition) is 3. The second-order valence-corrected chi connectivity index (χ2v) is 6.87. The van der Waals surface area contributed by atoms with Gasteiger partial charge in [-0.2, -0.15) is 0 Å². The number of carbonyl (C=O) groups is 1. The molecule has 3 heterocycles. The summed E-state index contributed by atoms with van der Waals surface area (Å²) >= 11 is 0. The first-order chi connectivity index (χ1) is 11.7. The van der Waals surface area contributed by atoms with Gasteiger partial charge in [0.05, 0.1) is 6.04 Å². The zero-order valence-corrected chi connectivity index (χ0v) is 14.1. The zero-order valence-electron chi connectivity index (χ0n) is 14.1. The molecule has 0 bridgehead atoms. The van der Waals surface area contributed by atoms with Crippen LogP contribution in [-0.4, -0.2) is 45.9 Å². The number of piperazine rings is 1. The van der Waals surface area contributed by atoms with Gasteiger partial charge in [-0.3, -0.25) is 14.7 Å². The summed E-state index contributed by atoms with van der Waals surface area (Å²) in [7, 11) is 0. The van der Waals surface area contributed by atoms with Crippen LogP contribution in [0.2, 0.25) is 0 Å². The van der Waals surface area contributed by atoms with Crippen LogP contribution >= 0.6 is 0 Å². The average Bonchev–Trinajstić information content (AvgIpc) is 3.09. The van der Waals surface area contributed by atoms with Crippen LogP contribution in [0.4, 0.5) is 0 Å². The lowest BCUT2D eigenvalue weighted by atomic mass is 10.0. The van der Waals surface area contributed by atoms with Crippen molar-refractivity contribution in [2.75, 3.05) is 13.1 Å². The molecule has 24 heavy (non-hydrogen) atoms. The number of fused-ring (bicyclic) bond motifs is 1. The van der Waals surface area contributed by atoms with Crippen LogP contribution in [0.15, 0.2) is 48.8 Å². The van der Waals surface area contributed by atoms with Gasteiger partial charge in [-0.15, -0.1) is 0 Å². The molecule has 2 fully saturated rings. The Morgan fingerprint density at radius 2 is 2.00 bits per heavy atom. The molecule has 2 atom stereocenters. The maximum Gasteiger partial charge on any atom is 0.239 e. The van der Waals surface area contributed by atoms with Gasteiger partial charge in [0.25, 0.3) is 0 Å². The van der Waals surface area contributed by atoms with E-state index >= 15 is 0 Å². The Morgan fingerprint density at radius 3 is 2.75 bits per heavy atom. The quantitative estimate of drug-likeness (QED) is 0.872. The first kappa shape index (κ1) is 15.3. The second-order valence-electron chi connectivity index (χ2n) is 6.87. The lowest BCUT2D eigenvalue weighted by Gasteiger charge is -2.41. The van der Waals surface area contributed by atoms with Crippen molar-refractivity contribution in [1.29, 1.82) is 0 Å². The summed E-state index contributed by atoms with van der Waals surface area (Å²) in [6, 6.07) is 13.1. The molecule has 0 saturated carbocycles. The van der Waals surface area contributed by atoms with Crippen LogP contribution < -0.4 is 0 Å². The Kier molecular flexibility index (Phi) is 4.07. The van der Waals surface area contributed by atoms with Gasteiger partial charge in [0, 0.05) is 38.1 Å². The van der Waals surface area contributed by atoms with Gasteiger partial charge in [0.2, 0.25) is 5.91 Å². The van der Waals surface area contributed by atoms with Gasteiger partial charge in [-0.1, -0.05) is 30.3 Å². The fraction of sp³-hybridized carbons (Fsp3) is 0.400. The van der Waals surface area contributed by atoms with Crippen LogP contribution in [-0.2, 0) is 11.3 Å². The summed E-state index contributed by atoms with van der Waals surface area (Å²) in [6.07, 6.45) is 5.97. The zero-order chi connectivity index (χ0) is 16.5. The van der Waals surface area contributed by atoms with Crippen molar-refractivity contribution in [2.45, 2.75) is 38.4 Å². The van der Waals surface area contributed by atoms with E-state index in [4.69, 9.17) is 0 Å². The minimum atomic E-state index is -0.0163. The molecule has 2 aliphatic heterocycles. The van der Waals surface area contributed by atoms with Crippen LogP contribution in [0, 0.1) is 0 Å². The third kappa shape index (κ3) is 2.82. The van der Waals surface area contributed by atoms with Gasteiger partial charge in [-0.05, 0) is 42.5 Å². The Balaban J connectivity index is 1.48.